The lowest BCUT2D eigenvalue weighted by Crippen LogP contribution is -2.38. The highest BCUT2D eigenvalue weighted by Crippen LogP contribution is 2.27. The van der Waals surface area contributed by atoms with Gasteiger partial charge in [-0.3, -0.25) is 4.79 Å². The molecule has 3 rings (SSSR count). The molecule has 0 saturated carbocycles. The minimum Gasteiger partial charge on any atom is -0.351 e. The Kier molecular flexibility index (Phi) is 5.35. The van der Waals surface area contributed by atoms with Crippen LogP contribution in [0.15, 0.2) is 16.3 Å². The molecule has 2 saturated heterocycles. The molecule has 2 fully saturated rings. The average Bonchev–Trinajstić information content (AvgIpc) is 3.25. The Morgan fingerprint density at radius 3 is 2.83 bits per heavy atom. The van der Waals surface area contributed by atoms with Crippen LogP contribution < -0.4 is 10.6 Å². The Balaban J connectivity index is 1.68. The van der Waals surface area contributed by atoms with E-state index >= 15 is 0 Å². The van der Waals surface area contributed by atoms with E-state index in [1.54, 1.807) is 11.4 Å². The monoisotopic (exact) mass is 357 g/mol. The van der Waals surface area contributed by atoms with Crippen molar-refractivity contribution in [3.05, 3.63) is 16.3 Å². The first kappa shape index (κ1) is 16.9. The van der Waals surface area contributed by atoms with Gasteiger partial charge in [-0.05, 0) is 56.1 Å². The molecule has 0 aromatic carbocycles. The molecule has 6 nitrogen and oxygen atoms in total. The fourth-order valence-corrected chi connectivity index (χ4v) is 5.98. The van der Waals surface area contributed by atoms with Crippen molar-refractivity contribution in [1.82, 2.24) is 14.9 Å². The van der Waals surface area contributed by atoms with Crippen LogP contribution in [0.25, 0.3) is 0 Å². The zero-order valence-electron chi connectivity index (χ0n) is 13.1. The lowest BCUT2D eigenvalue weighted by Gasteiger charge is -2.23. The SMILES string of the molecule is O=C(NCC1CCCNC1)c1sccc1S(=O)(=O)N1CCCC1. The van der Waals surface area contributed by atoms with E-state index in [0.717, 1.165) is 38.8 Å². The molecule has 2 aliphatic heterocycles. The highest BCUT2D eigenvalue weighted by atomic mass is 32.2. The van der Waals surface area contributed by atoms with Crippen molar-refractivity contribution < 1.29 is 13.2 Å². The Bertz CT molecular complexity index is 645. The van der Waals surface area contributed by atoms with Gasteiger partial charge in [0.2, 0.25) is 10.0 Å². The molecule has 1 aromatic rings. The summed E-state index contributed by atoms with van der Waals surface area (Å²) in [6.45, 7) is 3.63. The van der Waals surface area contributed by atoms with Crippen LogP contribution in [0.3, 0.4) is 0 Å². The van der Waals surface area contributed by atoms with Crippen LogP contribution >= 0.6 is 11.3 Å². The number of sulfonamides is 1. The van der Waals surface area contributed by atoms with Crippen LogP contribution in [0, 0.1) is 5.92 Å². The van der Waals surface area contributed by atoms with Gasteiger partial charge >= 0.3 is 0 Å². The molecule has 2 aliphatic rings. The summed E-state index contributed by atoms with van der Waals surface area (Å²) in [4.78, 5) is 12.9. The highest BCUT2D eigenvalue weighted by Gasteiger charge is 2.31. The van der Waals surface area contributed by atoms with Crippen LogP contribution in [-0.4, -0.2) is 51.4 Å². The number of nitrogens with one attached hydrogen (secondary N) is 2. The predicted octanol–water partition coefficient (Wildman–Crippen LogP) is 1.26. The molecule has 2 N–H and O–H groups in total. The van der Waals surface area contributed by atoms with Crippen LogP contribution in [0.5, 0.6) is 0 Å². The predicted molar refractivity (Wildman–Crippen MR) is 90.2 cm³/mol. The number of carbonyl (C=O) groups excluding carboxylic acids is 1. The first-order chi connectivity index (χ1) is 11.1. The van der Waals surface area contributed by atoms with Gasteiger partial charge in [-0.15, -0.1) is 11.3 Å². The maximum Gasteiger partial charge on any atom is 0.262 e. The second kappa shape index (κ2) is 7.29. The molecule has 1 atom stereocenters. The summed E-state index contributed by atoms with van der Waals surface area (Å²) in [5.41, 5.74) is 0. The summed E-state index contributed by atoms with van der Waals surface area (Å²) in [5.74, 6) is 0.148. The number of hydrogen-bond donors (Lipinski definition) is 2. The van der Waals surface area contributed by atoms with E-state index in [1.807, 2.05) is 0 Å². The molecule has 128 valence electrons. The quantitative estimate of drug-likeness (QED) is 0.832. The maximum absolute atomic E-state index is 12.7. The standard InChI is InChI=1S/C15H23N3O3S2/c19-15(17-11-12-4-3-6-16-10-12)14-13(5-9-22-14)23(20,21)18-7-1-2-8-18/h5,9,12,16H,1-4,6-8,10-11H2,(H,17,19). The van der Waals surface area contributed by atoms with E-state index in [4.69, 9.17) is 0 Å². The number of nitrogens with zero attached hydrogens (tertiary/aromatic N) is 1. The molecule has 0 radical (unpaired) electrons. The molecule has 1 amide bonds. The minimum absolute atomic E-state index is 0.156. The number of amides is 1. The van der Waals surface area contributed by atoms with E-state index < -0.39 is 10.0 Å². The zero-order chi connectivity index (χ0) is 16.3. The highest BCUT2D eigenvalue weighted by molar-refractivity contribution is 7.89. The summed E-state index contributed by atoms with van der Waals surface area (Å²) >= 11 is 1.20. The Morgan fingerprint density at radius 1 is 1.35 bits per heavy atom. The number of carbonyl (C=O) groups is 1. The van der Waals surface area contributed by atoms with Crippen LogP contribution in [0.2, 0.25) is 0 Å². The van der Waals surface area contributed by atoms with E-state index in [1.165, 1.54) is 15.6 Å². The van der Waals surface area contributed by atoms with Crippen molar-refractivity contribution >= 4 is 27.3 Å². The van der Waals surface area contributed by atoms with E-state index in [9.17, 15) is 13.2 Å². The van der Waals surface area contributed by atoms with Gasteiger partial charge in [0.1, 0.15) is 9.77 Å². The Morgan fingerprint density at radius 2 is 2.13 bits per heavy atom. The van der Waals surface area contributed by atoms with E-state index in [-0.39, 0.29) is 10.8 Å². The lowest BCUT2D eigenvalue weighted by atomic mass is 10.00. The van der Waals surface area contributed by atoms with E-state index in [2.05, 4.69) is 10.6 Å². The van der Waals surface area contributed by atoms with Gasteiger partial charge in [-0.25, -0.2) is 8.42 Å². The summed E-state index contributed by atoms with van der Waals surface area (Å²) in [6, 6.07) is 1.55. The molecule has 0 aliphatic carbocycles. The first-order valence-electron chi connectivity index (χ1n) is 8.15. The Labute approximate surface area is 141 Å². The van der Waals surface area contributed by atoms with Crippen LogP contribution in [0.4, 0.5) is 0 Å². The van der Waals surface area contributed by atoms with Gasteiger partial charge in [0.25, 0.3) is 5.91 Å². The summed E-state index contributed by atoms with van der Waals surface area (Å²) < 4.78 is 26.8. The fourth-order valence-electron chi connectivity index (χ4n) is 3.15. The molecular weight excluding hydrogens is 334 g/mol. The van der Waals surface area contributed by atoms with Crippen molar-refractivity contribution in [2.24, 2.45) is 5.92 Å². The van der Waals surface area contributed by atoms with Gasteiger partial charge in [0.05, 0.1) is 0 Å². The van der Waals surface area contributed by atoms with Crippen molar-refractivity contribution in [2.75, 3.05) is 32.7 Å². The fraction of sp³-hybridized carbons (Fsp3) is 0.667. The molecule has 3 heterocycles. The first-order valence-corrected chi connectivity index (χ1v) is 10.5. The largest absolute Gasteiger partial charge is 0.351 e. The van der Waals surface area contributed by atoms with Gasteiger partial charge in [0, 0.05) is 19.6 Å². The minimum atomic E-state index is -3.54. The number of rotatable bonds is 5. The van der Waals surface area contributed by atoms with Gasteiger partial charge in [-0.1, -0.05) is 0 Å². The van der Waals surface area contributed by atoms with Crippen molar-refractivity contribution in [1.29, 1.82) is 0 Å². The number of hydrogen-bond acceptors (Lipinski definition) is 5. The van der Waals surface area contributed by atoms with E-state index in [0.29, 0.717) is 30.4 Å². The van der Waals surface area contributed by atoms with Crippen LogP contribution in [0.1, 0.15) is 35.4 Å². The molecule has 1 aromatic heterocycles. The normalized spacial score (nSPS) is 23.0. The second-order valence-corrected chi connectivity index (χ2v) is 8.97. The summed E-state index contributed by atoms with van der Waals surface area (Å²) in [7, 11) is -3.54. The number of thiophene rings is 1. The summed E-state index contributed by atoms with van der Waals surface area (Å²) in [5, 5.41) is 7.90. The third-order valence-electron chi connectivity index (χ3n) is 4.47. The third kappa shape index (κ3) is 3.76. The topological polar surface area (TPSA) is 78.5 Å². The lowest BCUT2D eigenvalue weighted by molar-refractivity contribution is 0.0946. The smallest absolute Gasteiger partial charge is 0.262 e. The zero-order valence-corrected chi connectivity index (χ0v) is 14.7. The van der Waals surface area contributed by atoms with Gasteiger partial charge < -0.3 is 10.6 Å². The Hall–Kier alpha value is -0.960. The molecule has 8 heteroatoms. The molecular formula is C15H23N3O3S2. The second-order valence-electron chi connectivity index (χ2n) is 6.15. The third-order valence-corrected chi connectivity index (χ3v) is 7.45. The number of piperidine rings is 1. The van der Waals surface area contributed by atoms with Gasteiger partial charge in [0.15, 0.2) is 0 Å². The molecule has 0 spiro atoms. The maximum atomic E-state index is 12.7. The molecule has 1 unspecified atom stereocenters. The summed E-state index contributed by atoms with van der Waals surface area (Å²) in [6.07, 6.45) is 3.99. The molecule has 0 bridgehead atoms. The van der Waals surface area contributed by atoms with Crippen molar-refractivity contribution in [3.63, 3.8) is 0 Å². The average molecular weight is 358 g/mol. The van der Waals surface area contributed by atoms with Gasteiger partial charge in [-0.2, -0.15) is 4.31 Å². The van der Waals surface area contributed by atoms with Crippen molar-refractivity contribution in [3.8, 4) is 0 Å². The molecule has 23 heavy (non-hydrogen) atoms. The van der Waals surface area contributed by atoms with Crippen molar-refractivity contribution in [2.45, 2.75) is 30.6 Å². The van der Waals surface area contributed by atoms with Crippen LogP contribution in [-0.2, 0) is 10.0 Å².